The van der Waals surface area contributed by atoms with E-state index < -0.39 is 16.1 Å². The normalized spacial score (nSPS) is 11.1. The zero-order valence-corrected chi connectivity index (χ0v) is 16.7. The fourth-order valence-electron chi connectivity index (χ4n) is 1.92. The smallest absolute Gasteiger partial charge is 0.319 e. The molecule has 0 fully saturated rings. The molecule has 1 heterocycles. The van der Waals surface area contributed by atoms with Crippen molar-refractivity contribution in [1.29, 1.82) is 0 Å². The van der Waals surface area contributed by atoms with Crippen LogP contribution in [0, 0.1) is 0 Å². The van der Waals surface area contributed by atoms with Crippen molar-refractivity contribution in [3.8, 4) is 11.6 Å². The van der Waals surface area contributed by atoms with E-state index in [1.165, 1.54) is 12.3 Å². The van der Waals surface area contributed by atoms with Crippen molar-refractivity contribution < 1.29 is 17.9 Å². The number of benzene rings is 1. The minimum atomic E-state index is -3.21. The molecular weight excluding hydrogens is 415 g/mol. The summed E-state index contributed by atoms with van der Waals surface area (Å²) in [6.45, 7) is 0.586. The molecule has 2 amide bonds. The fourth-order valence-corrected chi connectivity index (χ4v) is 2.85. The first kappa shape index (κ1) is 21.2. The summed E-state index contributed by atoms with van der Waals surface area (Å²) in [5.41, 5.74) is 0.560. The summed E-state index contributed by atoms with van der Waals surface area (Å²) in [6.07, 6.45) is 2.98. The maximum absolute atomic E-state index is 11.8. The molecule has 0 spiro atoms. The highest BCUT2D eigenvalue weighted by molar-refractivity contribution is 7.88. The van der Waals surface area contributed by atoms with Crippen LogP contribution in [0.5, 0.6) is 11.6 Å². The summed E-state index contributed by atoms with van der Waals surface area (Å²) < 4.78 is 29.7. The molecule has 27 heavy (non-hydrogen) atoms. The summed E-state index contributed by atoms with van der Waals surface area (Å²) in [5.74, 6) is 0.715. The Labute approximate surface area is 167 Å². The van der Waals surface area contributed by atoms with Crippen molar-refractivity contribution in [2.75, 3.05) is 24.7 Å². The number of hydrogen-bond donors (Lipinski definition) is 3. The van der Waals surface area contributed by atoms with Gasteiger partial charge in [0.15, 0.2) is 0 Å². The molecule has 0 saturated heterocycles. The van der Waals surface area contributed by atoms with Gasteiger partial charge in [-0.1, -0.05) is 23.2 Å². The highest BCUT2D eigenvalue weighted by Crippen LogP contribution is 2.29. The monoisotopic (exact) mass is 432 g/mol. The van der Waals surface area contributed by atoms with E-state index in [2.05, 4.69) is 20.3 Å². The van der Waals surface area contributed by atoms with Crippen LogP contribution in [0.1, 0.15) is 6.42 Å². The van der Waals surface area contributed by atoms with E-state index in [0.717, 1.165) is 6.26 Å². The lowest BCUT2D eigenvalue weighted by atomic mass is 10.3. The molecule has 0 aliphatic carbocycles. The summed E-state index contributed by atoms with van der Waals surface area (Å²) in [4.78, 5) is 15.8. The lowest BCUT2D eigenvalue weighted by Gasteiger charge is -2.09. The van der Waals surface area contributed by atoms with Gasteiger partial charge in [-0.3, -0.25) is 0 Å². The van der Waals surface area contributed by atoms with Crippen molar-refractivity contribution in [1.82, 2.24) is 15.0 Å². The molecular formula is C16H18Cl2N4O4S. The summed E-state index contributed by atoms with van der Waals surface area (Å²) in [5, 5.41) is 5.98. The Bertz CT molecular complexity index is 892. The topological polar surface area (TPSA) is 109 Å². The van der Waals surface area contributed by atoms with E-state index in [1.807, 2.05) is 0 Å². The van der Waals surface area contributed by atoms with Gasteiger partial charge in [-0.05, 0) is 36.8 Å². The molecule has 0 aliphatic heterocycles. The van der Waals surface area contributed by atoms with E-state index in [-0.39, 0.29) is 17.4 Å². The molecule has 146 valence electrons. The Morgan fingerprint density at radius 2 is 1.89 bits per heavy atom. The Kier molecular flexibility index (Phi) is 7.66. The molecule has 1 aromatic carbocycles. The van der Waals surface area contributed by atoms with E-state index >= 15 is 0 Å². The van der Waals surface area contributed by atoms with Crippen molar-refractivity contribution in [3.63, 3.8) is 0 Å². The maximum atomic E-state index is 11.8. The lowest BCUT2D eigenvalue weighted by Crippen LogP contribution is -2.32. The van der Waals surface area contributed by atoms with Gasteiger partial charge in [0.1, 0.15) is 10.8 Å². The number of pyridine rings is 1. The Morgan fingerprint density at radius 3 is 2.52 bits per heavy atom. The molecule has 0 bridgehead atoms. The van der Waals surface area contributed by atoms with Crippen molar-refractivity contribution >= 4 is 44.9 Å². The van der Waals surface area contributed by atoms with Crippen molar-refractivity contribution in [2.24, 2.45) is 0 Å². The number of anilines is 1. The van der Waals surface area contributed by atoms with Gasteiger partial charge in [0.25, 0.3) is 0 Å². The van der Waals surface area contributed by atoms with Gasteiger partial charge in [-0.25, -0.2) is 22.9 Å². The van der Waals surface area contributed by atoms with Gasteiger partial charge >= 0.3 is 6.03 Å². The zero-order valence-electron chi connectivity index (χ0n) is 14.3. The van der Waals surface area contributed by atoms with E-state index in [0.29, 0.717) is 29.4 Å². The molecule has 8 nitrogen and oxygen atoms in total. The molecule has 3 N–H and O–H groups in total. The quantitative estimate of drug-likeness (QED) is 0.554. The molecule has 1 aromatic heterocycles. The fraction of sp³-hybridized carbons (Fsp3) is 0.250. The van der Waals surface area contributed by atoms with Crippen LogP contribution >= 0.6 is 23.2 Å². The van der Waals surface area contributed by atoms with Crippen LogP contribution < -0.4 is 20.1 Å². The van der Waals surface area contributed by atoms with Crippen LogP contribution in [0.15, 0.2) is 36.5 Å². The average Bonchev–Trinajstić information content (AvgIpc) is 2.58. The summed E-state index contributed by atoms with van der Waals surface area (Å²) in [7, 11) is -3.21. The largest absolute Gasteiger partial charge is 0.438 e. The maximum Gasteiger partial charge on any atom is 0.319 e. The number of sulfonamides is 1. The second-order valence-corrected chi connectivity index (χ2v) is 8.14. The Balaban J connectivity index is 1.78. The number of urea groups is 1. The van der Waals surface area contributed by atoms with Crippen LogP contribution in [-0.4, -0.2) is 38.8 Å². The minimum Gasteiger partial charge on any atom is -0.438 e. The number of nitrogens with zero attached hydrogens (tertiary/aromatic N) is 1. The number of aromatic nitrogens is 1. The standard InChI is InChI=1S/C16H18Cl2N4O4S/c1-27(24,25)21-8-2-7-19-16(23)22-12-3-5-13(6-4-12)26-15-14(18)9-11(17)10-20-15/h3-6,9-10,21H,2,7-8H2,1H3,(H2,19,22,23). The van der Waals surface area contributed by atoms with Crippen LogP contribution in [0.3, 0.4) is 0 Å². The van der Waals surface area contributed by atoms with Crippen LogP contribution in [-0.2, 0) is 10.0 Å². The molecule has 11 heteroatoms. The molecule has 2 aromatic rings. The third-order valence-corrected chi connectivity index (χ3v) is 4.31. The summed E-state index contributed by atoms with van der Waals surface area (Å²) in [6, 6.07) is 7.74. The molecule has 0 radical (unpaired) electrons. The first-order chi connectivity index (χ1) is 12.7. The predicted molar refractivity (Wildman–Crippen MR) is 105 cm³/mol. The second kappa shape index (κ2) is 9.75. The first-order valence-corrected chi connectivity index (χ1v) is 10.5. The number of hydrogen-bond acceptors (Lipinski definition) is 5. The molecule has 2 rings (SSSR count). The van der Waals surface area contributed by atoms with Crippen LogP contribution in [0.25, 0.3) is 0 Å². The van der Waals surface area contributed by atoms with Gasteiger partial charge in [0.2, 0.25) is 15.9 Å². The van der Waals surface area contributed by atoms with Gasteiger partial charge in [-0.2, -0.15) is 0 Å². The van der Waals surface area contributed by atoms with Gasteiger partial charge in [0.05, 0.1) is 11.3 Å². The Hall–Kier alpha value is -2.07. The molecule has 0 atom stereocenters. The number of halogens is 2. The summed E-state index contributed by atoms with van der Waals surface area (Å²) >= 11 is 11.8. The average molecular weight is 433 g/mol. The zero-order chi connectivity index (χ0) is 19.9. The van der Waals surface area contributed by atoms with Crippen molar-refractivity contribution in [3.05, 3.63) is 46.6 Å². The van der Waals surface area contributed by atoms with E-state index in [4.69, 9.17) is 27.9 Å². The minimum absolute atomic E-state index is 0.224. The highest BCUT2D eigenvalue weighted by atomic mass is 35.5. The number of rotatable bonds is 8. The Morgan fingerprint density at radius 1 is 1.19 bits per heavy atom. The van der Waals surface area contributed by atoms with Crippen LogP contribution in [0.2, 0.25) is 10.0 Å². The lowest BCUT2D eigenvalue weighted by molar-refractivity contribution is 0.252. The number of amides is 2. The number of ether oxygens (including phenoxy) is 1. The van der Waals surface area contributed by atoms with Gasteiger partial charge in [0, 0.05) is 25.0 Å². The first-order valence-electron chi connectivity index (χ1n) is 7.81. The van der Waals surface area contributed by atoms with Crippen molar-refractivity contribution in [2.45, 2.75) is 6.42 Å². The highest BCUT2D eigenvalue weighted by Gasteiger charge is 2.07. The molecule has 0 saturated carbocycles. The SMILES string of the molecule is CS(=O)(=O)NCCCNC(=O)Nc1ccc(Oc2ncc(Cl)cc2Cl)cc1. The third kappa shape index (κ3) is 8.00. The number of nitrogens with one attached hydrogen (secondary N) is 3. The predicted octanol–water partition coefficient (Wildman–Crippen LogP) is 3.24. The molecule has 0 aliphatic rings. The van der Waals surface area contributed by atoms with Crippen LogP contribution in [0.4, 0.5) is 10.5 Å². The second-order valence-electron chi connectivity index (χ2n) is 5.47. The van der Waals surface area contributed by atoms with Gasteiger partial charge in [-0.15, -0.1) is 0 Å². The molecule has 0 unspecified atom stereocenters. The third-order valence-electron chi connectivity index (χ3n) is 3.10. The van der Waals surface area contributed by atoms with Gasteiger partial charge < -0.3 is 15.4 Å². The number of carbonyl (C=O) groups is 1. The van der Waals surface area contributed by atoms with E-state index in [9.17, 15) is 13.2 Å². The number of carbonyl (C=O) groups excluding carboxylic acids is 1. The van der Waals surface area contributed by atoms with E-state index in [1.54, 1.807) is 24.3 Å².